The third-order valence-corrected chi connectivity index (χ3v) is 9.56. The first-order valence-electron chi connectivity index (χ1n) is 10.3. The van der Waals surface area contributed by atoms with Gasteiger partial charge in [0.2, 0.25) is 0 Å². The van der Waals surface area contributed by atoms with Crippen LogP contribution in [0, 0.1) is 17.8 Å². The Morgan fingerprint density at radius 2 is 1.30 bits per heavy atom. The van der Waals surface area contributed by atoms with E-state index in [-0.39, 0.29) is 7.92 Å². The van der Waals surface area contributed by atoms with Crippen LogP contribution in [-0.2, 0) is 0 Å². The molecule has 0 aliphatic rings. The summed E-state index contributed by atoms with van der Waals surface area (Å²) in [5.74, 6) is 2.22. The second-order valence-electron chi connectivity index (χ2n) is 8.66. The van der Waals surface area contributed by atoms with E-state index in [1.165, 1.54) is 40.5 Å². The molecule has 1 atom stereocenters. The molecule has 2 rings (SSSR count). The molecule has 0 radical (unpaired) electrons. The van der Waals surface area contributed by atoms with E-state index in [9.17, 15) is 0 Å². The van der Waals surface area contributed by atoms with Gasteiger partial charge in [0.1, 0.15) is 0 Å². The average Bonchev–Trinajstić information content (AvgIpc) is 2.60. The Bertz CT molecular complexity index is 684. The van der Waals surface area contributed by atoms with Gasteiger partial charge >= 0.3 is 0 Å². The summed E-state index contributed by atoms with van der Waals surface area (Å²) >= 11 is 0. The van der Waals surface area contributed by atoms with Crippen LogP contribution in [0.2, 0.25) is 0 Å². The molecule has 0 saturated heterocycles. The summed E-state index contributed by atoms with van der Waals surface area (Å²) in [7, 11) is 0.722. The normalized spacial score (nSPS) is 12.2. The second kappa shape index (κ2) is 11.2. The molecule has 0 heterocycles. The highest BCUT2D eigenvalue weighted by molar-refractivity contribution is 7.66. The minimum atomic E-state index is -0.140. The van der Waals surface area contributed by atoms with Crippen LogP contribution in [0.4, 0.5) is 11.4 Å². The van der Waals surface area contributed by atoms with Crippen molar-refractivity contribution in [3.05, 3.63) is 48.5 Å². The highest BCUT2D eigenvalue weighted by atomic mass is 31.1. The van der Waals surface area contributed by atoms with Crippen LogP contribution >= 0.6 is 16.5 Å². The van der Waals surface area contributed by atoms with Gasteiger partial charge < -0.3 is 5.32 Å². The Morgan fingerprint density at radius 3 is 1.89 bits per heavy atom. The number of hydrogen-bond acceptors (Lipinski definition) is 1. The molecule has 1 unspecified atom stereocenters. The van der Waals surface area contributed by atoms with Crippen molar-refractivity contribution < 1.29 is 0 Å². The molecule has 2 aromatic carbocycles. The number of rotatable bonds is 10. The summed E-state index contributed by atoms with van der Waals surface area (Å²) in [5.41, 5.74) is 2.60. The first-order valence-corrected chi connectivity index (χ1v) is 13.2. The Hall–Kier alpha value is -0.900. The molecule has 1 N–H and O–H groups in total. The Morgan fingerprint density at radius 1 is 0.741 bits per heavy atom. The summed E-state index contributed by atoms with van der Waals surface area (Å²) in [4.78, 5) is 0. The molecule has 1 nitrogen and oxygen atoms in total. The van der Waals surface area contributed by atoms with Crippen molar-refractivity contribution in [2.75, 3.05) is 23.8 Å². The fraction of sp³-hybridized carbons (Fsp3) is 0.500. The van der Waals surface area contributed by atoms with Gasteiger partial charge in [-0.2, -0.15) is 0 Å². The summed E-state index contributed by atoms with van der Waals surface area (Å²) < 4.78 is 0. The van der Waals surface area contributed by atoms with Crippen LogP contribution in [0.5, 0.6) is 0 Å². The molecule has 2 aromatic rings. The fourth-order valence-electron chi connectivity index (χ4n) is 3.21. The second-order valence-corrected chi connectivity index (χ2v) is 12.2. The molecule has 0 amide bonds. The summed E-state index contributed by atoms with van der Waals surface area (Å²) in [6.45, 7) is 14.0. The smallest absolute Gasteiger partial charge is 0.0462 e. The van der Waals surface area contributed by atoms with Crippen molar-refractivity contribution in [1.82, 2.24) is 0 Å². The Kier molecular flexibility index (Phi) is 9.28. The average molecular weight is 402 g/mol. The Labute approximate surface area is 170 Å². The summed E-state index contributed by atoms with van der Waals surface area (Å²) in [5, 5.41) is 6.81. The zero-order valence-electron chi connectivity index (χ0n) is 17.9. The van der Waals surface area contributed by atoms with E-state index in [0.29, 0.717) is 0 Å². The van der Waals surface area contributed by atoms with Crippen LogP contribution in [-0.4, -0.2) is 18.5 Å². The van der Waals surface area contributed by atoms with E-state index in [1.54, 1.807) is 0 Å². The van der Waals surface area contributed by atoms with Crippen LogP contribution in [0.3, 0.4) is 0 Å². The number of para-hydroxylation sites is 2. The number of anilines is 2. The number of nitrogens with one attached hydrogen (secondary N) is 1. The van der Waals surface area contributed by atoms with E-state index >= 15 is 0 Å². The molecule has 0 bridgehead atoms. The molecule has 3 heteroatoms. The maximum absolute atomic E-state index is 3.81. The Balaban J connectivity index is 2.30. The van der Waals surface area contributed by atoms with Gasteiger partial charge in [0.25, 0.3) is 0 Å². The third-order valence-electron chi connectivity index (χ3n) is 4.31. The van der Waals surface area contributed by atoms with Gasteiger partial charge in [0.05, 0.1) is 0 Å². The zero-order chi connectivity index (χ0) is 19.8. The van der Waals surface area contributed by atoms with Crippen molar-refractivity contribution >= 4 is 38.5 Å². The lowest BCUT2D eigenvalue weighted by Gasteiger charge is -2.25. The molecule has 148 valence electrons. The van der Waals surface area contributed by atoms with E-state index in [0.717, 1.165) is 26.3 Å². The highest BCUT2D eigenvalue weighted by Gasteiger charge is 2.18. The minimum absolute atomic E-state index is 0.140. The molecule has 0 aromatic heterocycles. The molecule has 27 heavy (non-hydrogen) atoms. The predicted octanol–water partition coefficient (Wildman–Crippen LogP) is 6.81. The predicted molar refractivity (Wildman–Crippen MR) is 130 cm³/mol. The van der Waals surface area contributed by atoms with E-state index in [1.807, 2.05) is 0 Å². The van der Waals surface area contributed by atoms with Gasteiger partial charge in [-0.3, -0.25) is 0 Å². The van der Waals surface area contributed by atoms with E-state index in [2.05, 4.69) is 95.4 Å². The first kappa shape index (κ1) is 22.4. The van der Waals surface area contributed by atoms with Crippen molar-refractivity contribution in [2.24, 2.45) is 17.8 Å². The third kappa shape index (κ3) is 7.56. The van der Waals surface area contributed by atoms with E-state index < -0.39 is 0 Å². The van der Waals surface area contributed by atoms with Crippen LogP contribution < -0.4 is 15.9 Å². The van der Waals surface area contributed by atoms with Gasteiger partial charge in [0.15, 0.2) is 0 Å². The number of hydrogen-bond donors (Lipinski definition) is 1. The SMILES string of the molecule is CC(C)CPc1ccccc1Nc1ccccc1P(CC(C)C)CC(C)C. The lowest BCUT2D eigenvalue weighted by atomic mass is 10.2. The van der Waals surface area contributed by atoms with Gasteiger partial charge in [-0.25, -0.2) is 0 Å². The van der Waals surface area contributed by atoms with Gasteiger partial charge in [-0.15, -0.1) is 0 Å². The van der Waals surface area contributed by atoms with Crippen LogP contribution in [0.1, 0.15) is 41.5 Å². The first-order chi connectivity index (χ1) is 12.9. The van der Waals surface area contributed by atoms with Gasteiger partial charge in [-0.1, -0.05) is 94.4 Å². The maximum Gasteiger partial charge on any atom is 0.0462 e. The molecular weight excluding hydrogens is 364 g/mol. The summed E-state index contributed by atoms with van der Waals surface area (Å²) in [6.07, 6.45) is 3.87. The topological polar surface area (TPSA) is 12.0 Å². The lowest BCUT2D eigenvalue weighted by Crippen LogP contribution is -2.17. The molecule has 0 aliphatic heterocycles. The quantitative estimate of drug-likeness (QED) is 0.431. The largest absolute Gasteiger partial charge is 0.354 e. The standard InChI is InChI=1S/C24H37NP2/c1-18(2)15-26-23-13-9-7-11-21(23)25-22-12-8-10-14-24(22)27(16-19(3)4)17-20(5)6/h7-14,18-20,25-26H,15-17H2,1-6H3. The zero-order valence-corrected chi connectivity index (χ0v) is 19.8. The van der Waals surface area contributed by atoms with Gasteiger partial charge in [-0.05, 0) is 59.0 Å². The number of benzene rings is 2. The molecule has 0 spiro atoms. The molecule has 0 saturated carbocycles. The minimum Gasteiger partial charge on any atom is -0.354 e. The van der Waals surface area contributed by atoms with Crippen molar-refractivity contribution in [3.63, 3.8) is 0 Å². The van der Waals surface area contributed by atoms with Crippen LogP contribution in [0.25, 0.3) is 0 Å². The van der Waals surface area contributed by atoms with Crippen molar-refractivity contribution in [1.29, 1.82) is 0 Å². The maximum atomic E-state index is 3.81. The molecular formula is C24H37NP2. The van der Waals surface area contributed by atoms with Crippen LogP contribution in [0.15, 0.2) is 48.5 Å². The highest BCUT2D eigenvalue weighted by Crippen LogP contribution is 2.41. The molecule has 0 fully saturated rings. The van der Waals surface area contributed by atoms with Crippen molar-refractivity contribution in [2.45, 2.75) is 41.5 Å². The lowest BCUT2D eigenvalue weighted by molar-refractivity contribution is 0.721. The summed E-state index contributed by atoms with van der Waals surface area (Å²) in [6, 6.07) is 17.9. The molecule has 0 aliphatic carbocycles. The van der Waals surface area contributed by atoms with Crippen molar-refractivity contribution in [3.8, 4) is 0 Å². The van der Waals surface area contributed by atoms with E-state index in [4.69, 9.17) is 0 Å². The monoisotopic (exact) mass is 401 g/mol. The van der Waals surface area contributed by atoms with Gasteiger partial charge in [0, 0.05) is 11.4 Å². The fourth-order valence-corrected chi connectivity index (χ4v) is 7.47.